The van der Waals surface area contributed by atoms with Crippen LogP contribution in [0.25, 0.3) is 0 Å². The molecule has 1 saturated heterocycles. The van der Waals surface area contributed by atoms with Crippen molar-refractivity contribution >= 4 is 23.5 Å². The fourth-order valence-electron chi connectivity index (χ4n) is 2.22. The van der Waals surface area contributed by atoms with Gasteiger partial charge in [0.15, 0.2) is 0 Å². The van der Waals surface area contributed by atoms with E-state index in [0.29, 0.717) is 4.58 Å². The summed E-state index contributed by atoms with van der Waals surface area (Å²) in [4.78, 5) is 0. The summed E-state index contributed by atoms with van der Waals surface area (Å²) in [5.41, 5.74) is 5.91. The number of rotatable bonds is 1. The predicted octanol–water partition coefficient (Wildman–Crippen LogP) is 4.48. The van der Waals surface area contributed by atoms with Gasteiger partial charge in [0.05, 0.1) is 4.58 Å². The average molecular weight is 238 g/mol. The Hall–Kier alpha value is -0.0800. The molecule has 0 unspecified atom stereocenters. The van der Waals surface area contributed by atoms with E-state index >= 15 is 0 Å². The Morgan fingerprint density at radius 3 is 2.07 bits per heavy atom. The molecule has 1 aliphatic rings. The maximum atomic E-state index is 2.32. The molecule has 2 heteroatoms. The van der Waals surface area contributed by atoms with Gasteiger partial charge < -0.3 is 0 Å². The third-order valence-corrected chi connectivity index (χ3v) is 5.74. The molecule has 15 heavy (non-hydrogen) atoms. The molecule has 0 spiro atoms. The molecule has 0 saturated carbocycles. The molecule has 0 amide bonds. The summed E-state index contributed by atoms with van der Waals surface area (Å²) in [6, 6.07) is 4.64. The van der Waals surface area contributed by atoms with Gasteiger partial charge in [0.25, 0.3) is 0 Å². The molecule has 0 radical (unpaired) electrons. The van der Waals surface area contributed by atoms with Crippen molar-refractivity contribution in [3.05, 3.63) is 34.4 Å². The summed E-state index contributed by atoms with van der Waals surface area (Å²) >= 11 is 4.23. The molecular formula is C13H18S2. The van der Waals surface area contributed by atoms with E-state index in [1.807, 2.05) is 0 Å². The smallest absolute Gasteiger partial charge is 0.0756 e. The van der Waals surface area contributed by atoms with Crippen LogP contribution in [0.3, 0.4) is 0 Å². The maximum absolute atomic E-state index is 2.32. The molecule has 0 N–H and O–H groups in total. The Bertz CT molecular complexity index is 329. The molecule has 1 aromatic carbocycles. The molecule has 1 heterocycles. The molecule has 0 aliphatic carbocycles. The summed E-state index contributed by atoms with van der Waals surface area (Å²) < 4.78 is 0.680. The topological polar surface area (TPSA) is 0 Å². The van der Waals surface area contributed by atoms with Crippen LogP contribution in [0.2, 0.25) is 0 Å². The van der Waals surface area contributed by atoms with Gasteiger partial charge in [-0.25, -0.2) is 0 Å². The SMILES string of the molecule is Cc1cc(C)c(C2SCCCS2)c(C)c1. The second kappa shape index (κ2) is 4.84. The zero-order valence-corrected chi connectivity index (χ0v) is 11.3. The average Bonchev–Trinajstić information content (AvgIpc) is 2.17. The quantitative estimate of drug-likeness (QED) is 0.707. The van der Waals surface area contributed by atoms with Gasteiger partial charge >= 0.3 is 0 Å². The molecular weight excluding hydrogens is 220 g/mol. The molecule has 0 nitrogen and oxygen atoms in total. The van der Waals surface area contributed by atoms with Crippen molar-refractivity contribution in [2.45, 2.75) is 31.8 Å². The highest BCUT2D eigenvalue weighted by Crippen LogP contribution is 2.45. The van der Waals surface area contributed by atoms with Crippen molar-refractivity contribution in [3.63, 3.8) is 0 Å². The van der Waals surface area contributed by atoms with E-state index in [2.05, 4.69) is 56.4 Å². The predicted molar refractivity (Wildman–Crippen MR) is 72.9 cm³/mol. The third kappa shape index (κ3) is 2.54. The van der Waals surface area contributed by atoms with Crippen molar-refractivity contribution in [1.29, 1.82) is 0 Å². The van der Waals surface area contributed by atoms with Gasteiger partial charge in [0, 0.05) is 0 Å². The minimum absolute atomic E-state index is 0.680. The molecule has 1 fully saturated rings. The van der Waals surface area contributed by atoms with Crippen LogP contribution in [0.4, 0.5) is 0 Å². The van der Waals surface area contributed by atoms with Gasteiger partial charge in [-0.05, 0) is 55.4 Å². The van der Waals surface area contributed by atoms with E-state index in [0.717, 1.165) is 0 Å². The van der Waals surface area contributed by atoms with Gasteiger partial charge in [-0.15, -0.1) is 23.5 Å². The van der Waals surface area contributed by atoms with E-state index in [1.165, 1.54) is 34.6 Å². The van der Waals surface area contributed by atoms with Crippen LogP contribution in [-0.4, -0.2) is 11.5 Å². The van der Waals surface area contributed by atoms with Crippen molar-refractivity contribution in [2.75, 3.05) is 11.5 Å². The van der Waals surface area contributed by atoms with E-state index in [4.69, 9.17) is 0 Å². The standard InChI is InChI=1S/C13H18S2/c1-9-7-10(2)12(11(3)8-9)13-14-5-4-6-15-13/h7-8,13H,4-6H2,1-3H3. The van der Waals surface area contributed by atoms with E-state index in [-0.39, 0.29) is 0 Å². The largest absolute Gasteiger partial charge is 0.143 e. The molecule has 1 aromatic rings. The van der Waals surface area contributed by atoms with E-state index < -0.39 is 0 Å². The first-order valence-corrected chi connectivity index (χ1v) is 7.59. The highest BCUT2D eigenvalue weighted by Gasteiger charge is 2.20. The number of thioether (sulfide) groups is 2. The lowest BCUT2D eigenvalue weighted by molar-refractivity contribution is 1.09. The number of hydrogen-bond acceptors (Lipinski definition) is 2. The minimum atomic E-state index is 0.680. The Kier molecular flexibility index (Phi) is 3.68. The zero-order chi connectivity index (χ0) is 10.8. The fraction of sp³-hybridized carbons (Fsp3) is 0.538. The first kappa shape index (κ1) is 11.4. The molecule has 0 atom stereocenters. The van der Waals surface area contributed by atoms with Crippen LogP contribution in [-0.2, 0) is 0 Å². The minimum Gasteiger partial charge on any atom is -0.143 e. The summed E-state index contributed by atoms with van der Waals surface area (Å²) in [6.45, 7) is 6.70. The van der Waals surface area contributed by atoms with Gasteiger partial charge in [-0.2, -0.15) is 0 Å². The first-order valence-electron chi connectivity index (χ1n) is 5.49. The Balaban J connectivity index is 2.33. The summed E-state index contributed by atoms with van der Waals surface area (Å²) in [7, 11) is 0. The van der Waals surface area contributed by atoms with Crippen molar-refractivity contribution < 1.29 is 0 Å². The number of hydrogen-bond donors (Lipinski definition) is 0. The Morgan fingerprint density at radius 2 is 1.53 bits per heavy atom. The lowest BCUT2D eigenvalue weighted by Gasteiger charge is -2.24. The summed E-state index contributed by atoms with van der Waals surface area (Å²) in [6.07, 6.45) is 1.37. The lowest BCUT2D eigenvalue weighted by Crippen LogP contribution is -2.04. The van der Waals surface area contributed by atoms with Crippen molar-refractivity contribution in [3.8, 4) is 0 Å². The Morgan fingerprint density at radius 1 is 1.00 bits per heavy atom. The van der Waals surface area contributed by atoms with Gasteiger partial charge in [0.1, 0.15) is 0 Å². The van der Waals surface area contributed by atoms with Gasteiger partial charge in [-0.3, -0.25) is 0 Å². The monoisotopic (exact) mass is 238 g/mol. The Labute approximate surface area is 101 Å². The molecule has 0 bridgehead atoms. The highest BCUT2D eigenvalue weighted by atomic mass is 32.2. The molecule has 82 valence electrons. The van der Waals surface area contributed by atoms with E-state index in [9.17, 15) is 0 Å². The van der Waals surface area contributed by atoms with Crippen LogP contribution in [0.1, 0.15) is 33.3 Å². The fourth-order valence-corrected chi connectivity index (χ4v) is 5.49. The van der Waals surface area contributed by atoms with Gasteiger partial charge in [0.2, 0.25) is 0 Å². The zero-order valence-electron chi connectivity index (χ0n) is 9.67. The molecule has 2 rings (SSSR count). The normalized spacial score (nSPS) is 18.1. The van der Waals surface area contributed by atoms with E-state index in [1.54, 1.807) is 5.56 Å². The van der Waals surface area contributed by atoms with Crippen LogP contribution in [0.15, 0.2) is 12.1 Å². The van der Waals surface area contributed by atoms with Gasteiger partial charge in [-0.1, -0.05) is 17.7 Å². The third-order valence-electron chi connectivity index (χ3n) is 2.80. The van der Waals surface area contributed by atoms with Crippen molar-refractivity contribution in [2.24, 2.45) is 0 Å². The van der Waals surface area contributed by atoms with Crippen LogP contribution in [0.5, 0.6) is 0 Å². The lowest BCUT2D eigenvalue weighted by atomic mass is 10.0. The number of aryl methyl sites for hydroxylation is 3. The highest BCUT2D eigenvalue weighted by molar-refractivity contribution is 8.16. The summed E-state index contributed by atoms with van der Waals surface area (Å²) in [5, 5.41) is 0. The summed E-state index contributed by atoms with van der Waals surface area (Å²) in [5.74, 6) is 2.65. The molecule has 1 aliphatic heterocycles. The van der Waals surface area contributed by atoms with Crippen molar-refractivity contribution in [1.82, 2.24) is 0 Å². The van der Waals surface area contributed by atoms with Crippen LogP contribution >= 0.6 is 23.5 Å². The maximum Gasteiger partial charge on any atom is 0.0756 e. The van der Waals surface area contributed by atoms with Crippen LogP contribution in [0, 0.1) is 20.8 Å². The van der Waals surface area contributed by atoms with Crippen LogP contribution < -0.4 is 0 Å². The first-order chi connectivity index (χ1) is 7.18. The second-order valence-electron chi connectivity index (χ2n) is 4.24. The molecule has 0 aromatic heterocycles. The number of benzene rings is 1. The second-order valence-corrected chi connectivity index (χ2v) is 6.96.